The lowest BCUT2D eigenvalue weighted by atomic mass is 9.76. The summed E-state index contributed by atoms with van der Waals surface area (Å²) in [5, 5.41) is 8.93. The van der Waals surface area contributed by atoms with Gasteiger partial charge in [0.05, 0.1) is 11.7 Å². The topological polar surface area (TPSA) is 46.5 Å². The monoisotopic (exact) mass is 248 g/mol. The van der Waals surface area contributed by atoms with Gasteiger partial charge in [-0.05, 0) is 49.3 Å². The maximum Gasteiger partial charge on any atom is 0.335 e. The standard InChI is InChI=1S/C15H20O3/c1-15(2)8-6-12(7-9-15)18-13-5-3-4-11(10-13)14(16)17/h3-5,10,12H,6-9H2,1-2H3,(H,16,17). The van der Waals surface area contributed by atoms with Crippen LogP contribution in [0.3, 0.4) is 0 Å². The first-order valence-corrected chi connectivity index (χ1v) is 6.46. The molecule has 0 aromatic heterocycles. The molecule has 0 bridgehead atoms. The highest BCUT2D eigenvalue weighted by atomic mass is 16.5. The fourth-order valence-corrected chi connectivity index (χ4v) is 2.39. The van der Waals surface area contributed by atoms with Crippen LogP contribution in [0, 0.1) is 5.41 Å². The van der Waals surface area contributed by atoms with Gasteiger partial charge in [0.25, 0.3) is 0 Å². The molecule has 1 saturated carbocycles. The molecule has 1 aromatic rings. The predicted molar refractivity (Wildman–Crippen MR) is 70.1 cm³/mol. The average molecular weight is 248 g/mol. The summed E-state index contributed by atoms with van der Waals surface area (Å²) in [4.78, 5) is 10.9. The average Bonchev–Trinajstić information content (AvgIpc) is 2.32. The van der Waals surface area contributed by atoms with Crippen molar-refractivity contribution in [3.8, 4) is 5.75 Å². The fraction of sp³-hybridized carbons (Fsp3) is 0.533. The quantitative estimate of drug-likeness (QED) is 0.886. The Morgan fingerprint density at radius 3 is 2.61 bits per heavy atom. The van der Waals surface area contributed by atoms with Gasteiger partial charge in [0.1, 0.15) is 5.75 Å². The van der Waals surface area contributed by atoms with Crippen molar-refractivity contribution >= 4 is 5.97 Å². The summed E-state index contributed by atoms with van der Waals surface area (Å²) in [6.45, 7) is 4.57. The van der Waals surface area contributed by atoms with E-state index in [0.717, 1.165) is 25.7 Å². The van der Waals surface area contributed by atoms with Crippen molar-refractivity contribution in [2.24, 2.45) is 5.41 Å². The molecule has 0 spiro atoms. The predicted octanol–water partition coefficient (Wildman–Crippen LogP) is 3.73. The third-order valence-corrected chi connectivity index (χ3v) is 3.67. The van der Waals surface area contributed by atoms with Gasteiger partial charge in [-0.2, -0.15) is 0 Å². The molecule has 1 aliphatic rings. The van der Waals surface area contributed by atoms with Crippen LogP contribution >= 0.6 is 0 Å². The van der Waals surface area contributed by atoms with Crippen molar-refractivity contribution in [1.29, 1.82) is 0 Å². The molecule has 3 heteroatoms. The van der Waals surface area contributed by atoms with Crippen molar-refractivity contribution < 1.29 is 14.6 Å². The van der Waals surface area contributed by atoms with Gasteiger partial charge in [0, 0.05) is 0 Å². The lowest BCUT2D eigenvalue weighted by Crippen LogP contribution is -2.28. The molecule has 1 aromatic carbocycles. The number of carbonyl (C=O) groups is 1. The number of rotatable bonds is 3. The Labute approximate surface area is 108 Å². The number of hydrogen-bond acceptors (Lipinski definition) is 2. The van der Waals surface area contributed by atoms with Crippen LogP contribution < -0.4 is 4.74 Å². The molecule has 1 fully saturated rings. The largest absolute Gasteiger partial charge is 0.490 e. The van der Waals surface area contributed by atoms with Gasteiger partial charge >= 0.3 is 5.97 Å². The number of ether oxygens (including phenoxy) is 1. The summed E-state index contributed by atoms with van der Waals surface area (Å²) < 4.78 is 5.88. The van der Waals surface area contributed by atoms with E-state index in [1.54, 1.807) is 18.2 Å². The van der Waals surface area contributed by atoms with Gasteiger partial charge in [-0.15, -0.1) is 0 Å². The first kappa shape index (κ1) is 12.9. The van der Waals surface area contributed by atoms with Crippen LogP contribution in [0.4, 0.5) is 0 Å². The van der Waals surface area contributed by atoms with Gasteiger partial charge in [-0.25, -0.2) is 4.79 Å². The minimum atomic E-state index is -0.912. The van der Waals surface area contributed by atoms with E-state index in [1.807, 2.05) is 6.07 Å². The summed E-state index contributed by atoms with van der Waals surface area (Å²) in [6, 6.07) is 6.74. The Morgan fingerprint density at radius 2 is 2.00 bits per heavy atom. The molecular formula is C15H20O3. The molecule has 18 heavy (non-hydrogen) atoms. The number of hydrogen-bond donors (Lipinski definition) is 1. The highest BCUT2D eigenvalue weighted by Crippen LogP contribution is 2.36. The number of benzene rings is 1. The van der Waals surface area contributed by atoms with E-state index in [2.05, 4.69) is 13.8 Å². The molecule has 1 aliphatic carbocycles. The lowest BCUT2D eigenvalue weighted by Gasteiger charge is -2.34. The lowest BCUT2D eigenvalue weighted by molar-refractivity contribution is 0.0694. The first-order valence-electron chi connectivity index (χ1n) is 6.46. The third kappa shape index (κ3) is 3.25. The van der Waals surface area contributed by atoms with Gasteiger partial charge in [0.2, 0.25) is 0 Å². The van der Waals surface area contributed by atoms with Crippen LogP contribution in [-0.4, -0.2) is 17.2 Å². The Hall–Kier alpha value is -1.51. The van der Waals surface area contributed by atoms with Crippen LogP contribution in [0.15, 0.2) is 24.3 Å². The van der Waals surface area contributed by atoms with Crippen LogP contribution in [0.2, 0.25) is 0 Å². The summed E-state index contributed by atoms with van der Waals surface area (Å²) in [6.07, 6.45) is 4.64. The smallest absolute Gasteiger partial charge is 0.335 e. The Kier molecular flexibility index (Phi) is 3.60. The molecule has 1 N–H and O–H groups in total. The van der Waals surface area contributed by atoms with Crippen molar-refractivity contribution in [3.05, 3.63) is 29.8 Å². The summed E-state index contributed by atoms with van der Waals surface area (Å²) >= 11 is 0. The first-order chi connectivity index (χ1) is 8.46. The molecule has 0 radical (unpaired) electrons. The molecule has 2 rings (SSSR count). The number of carboxylic acids is 1. The molecule has 0 aliphatic heterocycles. The van der Waals surface area contributed by atoms with E-state index in [-0.39, 0.29) is 11.7 Å². The minimum Gasteiger partial charge on any atom is -0.490 e. The Bertz CT molecular complexity index is 427. The molecule has 0 amide bonds. The number of carboxylic acid groups (broad SMARTS) is 1. The number of aromatic carboxylic acids is 1. The molecule has 0 atom stereocenters. The second kappa shape index (κ2) is 5.01. The van der Waals surface area contributed by atoms with Crippen molar-refractivity contribution in [2.45, 2.75) is 45.6 Å². The SMILES string of the molecule is CC1(C)CCC(Oc2cccc(C(=O)O)c2)CC1. The molecule has 0 heterocycles. The van der Waals surface area contributed by atoms with Crippen LogP contribution in [0.25, 0.3) is 0 Å². The fourth-order valence-electron chi connectivity index (χ4n) is 2.39. The maximum absolute atomic E-state index is 10.9. The van der Waals surface area contributed by atoms with Gasteiger partial charge in [0.15, 0.2) is 0 Å². The highest BCUT2D eigenvalue weighted by Gasteiger charge is 2.27. The molecule has 0 unspecified atom stereocenters. The maximum atomic E-state index is 10.9. The van der Waals surface area contributed by atoms with Crippen LogP contribution in [-0.2, 0) is 0 Å². The van der Waals surface area contributed by atoms with Gasteiger partial charge in [-0.3, -0.25) is 0 Å². The van der Waals surface area contributed by atoms with E-state index < -0.39 is 5.97 Å². The zero-order valence-corrected chi connectivity index (χ0v) is 11.0. The van der Waals surface area contributed by atoms with Gasteiger partial charge in [-0.1, -0.05) is 19.9 Å². The van der Waals surface area contributed by atoms with Crippen LogP contribution in [0.5, 0.6) is 5.75 Å². The van der Waals surface area contributed by atoms with Gasteiger partial charge < -0.3 is 9.84 Å². The van der Waals surface area contributed by atoms with E-state index >= 15 is 0 Å². The van der Waals surface area contributed by atoms with E-state index in [1.165, 1.54) is 0 Å². The van der Waals surface area contributed by atoms with E-state index in [4.69, 9.17) is 9.84 Å². The summed E-state index contributed by atoms with van der Waals surface area (Å²) in [5.41, 5.74) is 0.701. The molecular weight excluding hydrogens is 228 g/mol. The minimum absolute atomic E-state index is 0.224. The molecule has 98 valence electrons. The van der Waals surface area contributed by atoms with Crippen molar-refractivity contribution in [1.82, 2.24) is 0 Å². The Morgan fingerprint density at radius 1 is 1.33 bits per heavy atom. The zero-order chi connectivity index (χ0) is 13.2. The van der Waals surface area contributed by atoms with Crippen LogP contribution in [0.1, 0.15) is 49.9 Å². The van der Waals surface area contributed by atoms with E-state index in [0.29, 0.717) is 11.2 Å². The normalized spacial score (nSPS) is 19.4. The Balaban J connectivity index is 1.98. The zero-order valence-electron chi connectivity index (χ0n) is 11.0. The molecule has 3 nitrogen and oxygen atoms in total. The summed E-state index contributed by atoms with van der Waals surface area (Å²) in [5.74, 6) is -0.246. The van der Waals surface area contributed by atoms with Crippen molar-refractivity contribution in [2.75, 3.05) is 0 Å². The van der Waals surface area contributed by atoms with Crippen molar-refractivity contribution in [3.63, 3.8) is 0 Å². The summed E-state index contributed by atoms with van der Waals surface area (Å²) in [7, 11) is 0. The third-order valence-electron chi connectivity index (χ3n) is 3.67. The molecule has 0 saturated heterocycles. The second-order valence-electron chi connectivity index (χ2n) is 5.81. The highest BCUT2D eigenvalue weighted by molar-refractivity contribution is 5.87. The second-order valence-corrected chi connectivity index (χ2v) is 5.81. The van der Waals surface area contributed by atoms with E-state index in [9.17, 15) is 4.79 Å².